The molecule has 0 amide bonds. The molecular weight excluding hydrogens is 380 g/mol. The van der Waals surface area contributed by atoms with Crippen LogP contribution < -0.4 is 19.5 Å². The molecule has 1 aliphatic heterocycles. The normalized spacial score (nSPS) is 14.8. The Bertz CT molecular complexity index is 1010. The number of fused-ring (bicyclic) bond motifs is 3. The van der Waals surface area contributed by atoms with Gasteiger partial charge in [-0.25, -0.2) is 0 Å². The van der Waals surface area contributed by atoms with Crippen molar-refractivity contribution < 1.29 is 19.3 Å². The fourth-order valence-electron chi connectivity index (χ4n) is 2.95. The van der Waals surface area contributed by atoms with E-state index in [4.69, 9.17) is 14.2 Å². The monoisotopic (exact) mass is 398 g/mol. The first-order valence-corrected chi connectivity index (χ1v) is 9.63. The first-order chi connectivity index (χ1) is 13.6. The number of anilines is 1. The zero-order chi connectivity index (χ0) is 19.7. The largest absolute Gasteiger partial charge is 0.502 e. The summed E-state index contributed by atoms with van der Waals surface area (Å²) in [5, 5.41) is 22.5. The highest BCUT2D eigenvalue weighted by molar-refractivity contribution is 7.98. The zero-order valence-electron chi connectivity index (χ0n) is 15.5. The molecule has 2 N–H and O–H groups in total. The second kappa shape index (κ2) is 7.43. The van der Waals surface area contributed by atoms with Crippen LogP contribution in [-0.2, 0) is 0 Å². The summed E-state index contributed by atoms with van der Waals surface area (Å²) in [5.41, 5.74) is 2.91. The number of nitrogens with one attached hydrogen (secondary N) is 1. The molecule has 0 fully saturated rings. The fourth-order valence-corrected chi connectivity index (χ4v) is 3.25. The molecule has 1 atom stereocenters. The lowest BCUT2D eigenvalue weighted by molar-refractivity contribution is 0.223. The Labute approximate surface area is 165 Å². The molecule has 28 heavy (non-hydrogen) atoms. The van der Waals surface area contributed by atoms with Crippen LogP contribution in [0.3, 0.4) is 0 Å². The second-order valence-electron chi connectivity index (χ2n) is 5.91. The first-order valence-electron chi connectivity index (χ1n) is 8.40. The van der Waals surface area contributed by atoms with Gasteiger partial charge in [0.05, 0.1) is 14.2 Å². The maximum atomic E-state index is 10.2. The summed E-state index contributed by atoms with van der Waals surface area (Å²) < 4.78 is 16.7. The predicted molar refractivity (Wildman–Crippen MR) is 105 cm³/mol. The van der Waals surface area contributed by atoms with Gasteiger partial charge in [0.2, 0.25) is 16.8 Å². The summed E-state index contributed by atoms with van der Waals surface area (Å²) in [6.45, 7) is 0. The molecule has 2 aromatic carbocycles. The lowest BCUT2D eigenvalue weighted by Crippen LogP contribution is -2.17. The van der Waals surface area contributed by atoms with Crippen LogP contribution in [0.1, 0.15) is 11.8 Å². The third kappa shape index (κ3) is 3.13. The summed E-state index contributed by atoms with van der Waals surface area (Å²) in [5.74, 6) is 0.857. The summed E-state index contributed by atoms with van der Waals surface area (Å²) in [6.07, 6.45) is 1.26. The van der Waals surface area contributed by atoms with Crippen molar-refractivity contribution in [3.05, 3.63) is 42.0 Å². The summed E-state index contributed by atoms with van der Waals surface area (Å²) in [7, 11) is 2.96. The number of nitrogens with zero attached hydrogens (tertiary/aromatic N) is 3. The number of ether oxygens (including phenoxy) is 3. The van der Waals surface area contributed by atoms with E-state index in [2.05, 4.69) is 20.5 Å². The van der Waals surface area contributed by atoms with E-state index in [1.54, 1.807) is 12.1 Å². The molecular formula is C19H18N4O4S. The van der Waals surface area contributed by atoms with Crippen molar-refractivity contribution >= 4 is 17.4 Å². The van der Waals surface area contributed by atoms with Crippen molar-refractivity contribution in [2.75, 3.05) is 25.8 Å². The predicted octanol–water partition coefficient (Wildman–Crippen LogP) is 3.49. The van der Waals surface area contributed by atoms with E-state index in [1.807, 2.05) is 30.5 Å². The maximum absolute atomic E-state index is 10.2. The van der Waals surface area contributed by atoms with Crippen LogP contribution in [0.25, 0.3) is 11.3 Å². The molecule has 8 nitrogen and oxygen atoms in total. The van der Waals surface area contributed by atoms with Gasteiger partial charge in [-0.1, -0.05) is 30.0 Å². The Balaban J connectivity index is 1.86. The highest BCUT2D eigenvalue weighted by atomic mass is 32.2. The lowest BCUT2D eigenvalue weighted by Gasteiger charge is -2.21. The number of para-hydroxylation sites is 1. The van der Waals surface area contributed by atoms with E-state index >= 15 is 0 Å². The van der Waals surface area contributed by atoms with E-state index in [9.17, 15) is 5.11 Å². The number of hydrogen-bond acceptors (Lipinski definition) is 9. The van der Waals surface area contributed by atoms with Crippen molar-refractivity contribution in [2.24, 2.45) is 0 Å². The molecule has 0 saturated carbocycles. The van der Waals surface area contributed by atoms with E-state index in [-0.39, 0.29) is 17.2 Å². The zero-order valence-corrected chi connectivity index (χ0v) is 16.3. The molecule has 3 aromatic rings. The van der Waals surface area contributed by atoms with E-state index in [0.717, 1.165) is 11.3 Å². The average Bonchev–Trinajstić information content (AvgIpc) is 2.90. The Morgan fingerprint density at radius 2 is 1.82 bits per heavy atom. The third-order valence-corrected chi connectivity index (χ3v) is 4.86. The Morgan fingerprint density at radius 3 is 2.50 bits per heavy atom. The van der Waals surface area contributed by atoms with Crippen LogP contribution in [0.4, 0.5) is 5.69 Å². The second-order valence-corrected chi connectivity index (χ2v) is 6.69. The average molecular weight is 398 g/mol. The molecule has 9 heteroatoms. The first kappa shape index (κ1) is 18.2. The minimum atomic E-state index is -0.614. The molecule has 0 unspecified atom stereocenters. The van der Waals surface area contributed by atoms with Crippen molar-refractivity contribution in [3.63, 3.8) is 0 Å². The van der Waals surface area contributed by atoms with Crippen molar-refractivity contribution in [2.45, 2.75) is 11.4 Å². The number of aromatic nitrogens is 3. The number of aromatic hydroxyl groups is 1. The highest BCUT2D eigenvalue weighted by Gasteiger charge is 2.27. The van der Waals surface area contributed by atoms with Gasteiger partial charge < -0.3 is 24.6 Å². The minimum absolute atomic E-state index is 0.0724. The van der Waals surface area contributed by atoms with Crippen LogP contribution in [0.15, 0.2) is 41.6 Å². The van der Waals surface area contributed by atoms with Gasteiger partial charge in [-0.15, -0.1) is 10.2 Å². The van der Waals surface area contributed by atoms with E-state index in [1.165, 1.54) is 26.0 Å². The molecule has 0 aliphatic carbocycles. The summed E-state index contributed by atoms with van der Waals surface area (Å²) in [6, 6.07) is 11.1. The Morgan fingerprint density at radius 1 is 1.11 bits per heavy atom. The van der Waals surface area contributed by atoms with Crippen molar-refractivity contribution in [1.29, 1.82) is 0 Å². The van der Waals surface area contributed by atoms with Gasteiger partial charge in [-0.3, -0.25) is 0 Å². The van der Waals surface area contributed by atoms with Gasteiger partial charge in [0.25, 0.3) is 0 Å². The van der Waals surface area contributed by atoms with Crippen LogP contribution in [0, 0.1) is 0 Å². The van der Waals surface area contributed by atoms with Crippen LogP contribution in [0.2, 0.25) is 0 Å². The Kier molecular flexibility index (Phi) is 4.82. The topological polar surface area (TPSA) is 98.6 Å². The summed E-state index contributed by atoms with van der Waals surface area (Å²) in [4.78, 5) is 4.48. The quantitative estimate of drug-likeness (QED) is 0.640. The number of benzene rings is 2. The standard InChI is InChI=1S/C19H18N4O4S/c1-25-13-8-10(9-14(26-2)16(13)24)17-20-12-7-5-4-6-11(12)15-18(27-17)21-19(28-3)23-22-15/h4-9,17,20,24H,1-3H3/t17-/m0/s1. The van der Waals surface area contributed by atoms with Gasteiger partial charge in [0.15, 0.2) is 23.4 Å². The smallest absolute Gasteiger partial charge is 0.247 e. The maximum Gasteiger partial charge on any atom is 0.247 e. The molecule has 0 spiro atoms. The number of thioether (sulfide) groups is 1. The number of rotatable bonds is 4. The van der Waals surface area contributed by atoms with Gasteiger partial charge >= 0.3 is 0 Å². The van der Waals surface area contributed by atoms with Crippen molar-refractivity contribution in [1.82, 2.24) is 15.2 Å². The fraction of sp³-hybridized carbons (Fsp3) is 0.211. The molecule has 2 heterocycles. The van der Waals surface area contributed by atoms with Crippen LogP contribution in [-0.4, -0.2) is 40.8 Å². The van der Waals surface area contributed by atoms with Gasteiger partial charge in [0.1, 0.15) is 0 Å². The van der Waals surface area contributed by atoms with Gasteiger partial charge in [0, 0.05) is 16.8 Å². The molecule has 0 saturated heterocycles. The molecule has 1 aromatic heterocycles. The minimum Gasteiger partial charge on any atom is -0.502 e. The lowest BCUT2D eigenvalue weighted by atomic mass is 10.1. The summed E-state index contributed by atoms with van der Waals surface area (Å²) >= 11 is 1.38. The molecule has 4 rings (SSSR count). The molecule has 1 aliphatic rings. The molecule has 0 bridgehead atoms. The number of phenols is 1. The van der Waals surface area contributed by atoms with Crippen LogP contribution in [0.5, 0.6) is 23.1 Å². The molecule has 0 radical (unpaired) electrons. The SMILES string of the molecule is COc1cc([C@H]2Nc3ccccc3-c3nnc(SC)nc3O2)cc(OC)c1O. The third-order valence-electron chi connectivity index (χ3n) is 4.32. The Hall–Kier alpha value is -3.20. The van der Waals surface area contributed by atoms with E-state index < -0.39 is 6.23 Å². The number of methoxy groups -OCH3 is 2. The number of phenolic OH excluding ortho intramolecular Hbond substituents is 1. The van der Waals surface area contributed by atoms with Gasteiger partial charge in [-0.05, 0) is 24.5 Å². The van der Waals surface area contributed by atoms with Gasteiger partial charge in [-0.2, -0.15) is 4.98 Å². The number of hydrogen-bond donors (Lipinski definition) is 2. The van der Waals surface area contributed by atoms with E-state index in [0.29, 0.717) is 22.3 Å². The highest BCUT2D eigenvalue weighted by Crippen LogP contribution is 2.43. The molecule has 144 valence electrons. The van der Waals surface area contributed by atoms with Crippen LogP contribution >= 0.6 is 11.8 Å². The van der Waals surface area contributed by atoms with Crippen molar-refractivity contribution in [3.8, 4) is 34.4 Å².